The lowest BCUT2D eigenvalue weighted by Gasteiger charge is -2.01. The van der Waals surface area contributed by atoms with Crippen molar-refractivity contribution in [3.05, 3.63) is 53.8 Å². The number of aryl methyl sites for hydroxylation is 1. The van der Waals surface area contributed by atoms with Gasteiger partial charge in [0, 0.05) is 29.2 Å². The summed E-state index contributed by atoms with van der Waals surface area (Å²) >= 11 is 0. The number of para-hydroxylation sites is 1. The van der Waals surface area contributed by atoms with Gasteiger partial charge < -0.3 is 10.3 Å². The van der Waals surface area contributed by atoms with Crippen LogP contribution in [0.3, 0.4) is 0 Å². The molecule has 106 valence electrons. The molecule has 2 aromatic rings. The van der Waals surface area contributed by atoms with Crippen molar-refractivity contribution in [3.63, 3.8) is 0 Å². The van der Waals surface area contributed by atoms with Crippen LogP contribution >= 0.6 is 0 Å². The van der Waals surface area contributed by atoms with E-state index in [-0.39, 0.29) is 5.57 Å². The number of carbonyl (C=O) groups excluding carboxylic acids is 1. The minimum Gasteiger partial charge on any atom is -0.360 e. The second-order valence-corrected chi connectivity index (χ2v) is 4.61. The number of nitrogens with zero attached hydrogens (tertiary/aromatic N) is 1. The summed E-state index contributed by atoms with van der Waals surface area (Å²) in [5.41, 5.74) is 3.18. The standard InChI is InChI=1S/C17H17N3O/c1-3-8-19-17(21)13(10-18)9-14-11-20-16-12(4-2)6-5-7-15(14)16/h3,5-7,9,11,20H,1,4,8H2,2H3,(H,19,21)/b13-9+. The third-order valence-corrected chi connectivity index (χ3v) is 3.29. The van der Waals surface area contributed by atoms with Crippen LogP contribution in [0, 0.1) is 11.3 Å². The van der Waals surface area contributed by atoms with Gasteiger partial charge in [-0.05, 0) is 18.1 Å². The maximum absolute atomic E-state index is 11.9. The number of aromatic amines is 1. The molecule has 0 radical (unpaired) electrons. The van der Waals surface area contributed by atoms with Gasteiger partial charge in [-0.2, -0.15) is 5.26 Å². The molecule has 1 aromatic heterocycles. The number of benzene rings is 1. The number of nitriles is 1. The normalized spacial score (nSPS) is 11.1. The molecule has 4 heteroatoms. The van der Waals surface area contributed by atoms with Crippen LogP contribution in [0.2, 0.25) is 0 Å². The van der Waals surface area contributed by atoms with Crippen LogP contribution in [0.15, 0.2) is 42.6 Å². The Morgan fingerprint density at radius 2 is 2.33 bits per heavy atom. The first kappa shape index (κ1) is 14.6. The van der Waals surface area contributed by atoms with E-state index >= 15 is 0 Å². The SMILES string of the molecule is C=CCNC(=O)/C(C#N)=C/c1c[nH]c2c(CC)cccc12. The Hall–Kier alpha value is -2.80. The Morgan fingerprint density at radius 1 is 1.52 bits per heavy atom. The van der Waals surface area contributed by atoms with Crippen LogP contribution in [0.25, 0.3) is 17.0 Å². The van der Waals surface area contributed by atoms with E-state index in [0.29, 0.717) is 6.54 Å². The molecule has 4 nitrogen and oxygen atoms in total. The second-order valence-electron chi connectivity index (χ2n) is 4.61. The van der Waals surface area contributed by atoms with Gasteiger partial charge in [-0.25, -0.2) is 0 Å². The first-order valence-electron chi connectivity index (χ1n) is 6.81. The van der Waals surface area contributed by atoms with Crippen molar-refractivity contribution in [2.45, 2.75) is 13.3 Å². The van der Waals surface area contributed by atoms with Crippen molar-refractivity contribution in [2.24, 2.45) is 0 Å². The van der Waals surface area contributed by atoms with Gasteiger partial charge in [0.25, 0.3) is 5.91 Å². The lowest BCUT2D eigenvalue weighted by atomic mass is 10.1. The third kappa shape index (κ3) is 3.03. The highest BCUT2D eigenvalue weighted by Crippen LogP contribution is 2.24. The van der Waals surface area contributed by atoms with E-state index in [4.69, 9.17) is 5.26 Å². The topological polar surface area (TPSA) is 68.7 Å². The van der Waals surface area contributed by atoms with Gasteiger partial charge >= 0.3 is 0 Å². The number of hydrogen-bond donors (Lipinski definition) is 2. The molecule has 0 aliphatic heterocycles. The largest absolute Gasteiger partial charge is 0.360 e. The van der Waals surface area contributed by atoms with Crippen molar-refractivity contribution in [1.29, 1.82) is 5.26 Å². The number of rotatable bonds is 5. The molecule has 0 fully saturated rings. The highest BCUT2D eigenvalue weighted by atomic mass is 16.1. The highest BCUT2D eigenvalue weighted by Gasteiger charge is 2.10. The molecular weight excluding hydrogens is 262 g/mol. The Kier molecular flexibility index (Phi) is 4.57. The lowest BCUT2D eigenvalue weighted by Crippen LogP contribution is -2.24. The molecule has 2 rings (SSSR count). The van der Waals surface area contributed by atoms with Crippen LogP contribution in [-0.2, 0) is 11.2 Å². The molecule has 2 N–H and O–H groups in total. The van der Waals surface area contributed by atoms with Crippen LogP contribution < -0.4 is 5.32 Å². The summed E-state index contributed by atoms with van der Waals surface area (Å²) in [5.74, 6) is -0.390. The Balaban J connectivity index is 2.42. The van der Waals surface area contributed by atoms with Gasteiger partial charge in [-0.15, -0.1) is 6.58 Å². The molecule has 0 bridgehead atoms. The minimum atomic E-state index is -0.390. The number of H-pyrrole nitrogens is 1. The fourth-order valence-electron chi connectivity index (χ4n) is 2.22. The van der Waals surface area contributed by atoms with Crippen LogP contribution in [0.5, 0.6) is 0 Å². The minimum absolute atomic E-state index is 0.0830. The molecule has 0 aliphatic carbocycles. The number of hydrogen-bond acceptors (Lipinski definition) is 2. The molecular formula is C17H17N3O. The molecule has 1 heterocycles. The van der Waals surface area contributed by atoms with Crippen molar-refractivity contribution in [3.8, 4) is 6.07 Å². The Labute approximate surface area is 123 Å². The predicted molar refractivity (Wildman–Crippen MR) is 84.5 cm³/mol. The van der Waals surface area contributed by atoms with E-state index in [1.807, 2.05) is 24.4 Å². The van der Waals surface area contributed by atoms with Crippen molar-refractivity contribution in [2.75, 3.05) is 6.54 Å². The van der Waals surface area contributed by atoms with E-state index in [9.17, 15) is 4.79 Å². The molecule has 0 aliphatic rings. The number of fused-ring (bicyclic) bond motifs is 1. The van der Waals surface area contributed by atoms with Crippen LogP contribution in [0.1, 0.15) is 18.1 Å². The van der Waals surface area contributed by atoms with Gasteiger partial charge in [0.1, 0.15) is 11.6 Å². The lowest BCUT2D eigenvalue weighted by molar-refractivity contribution is -0.116. The number of aromatic nitrogens is 1. The quantitative estimate of drug-likeness (QED) is 0.502. The Bertz CT molecular complexity index is 747. The van der Waals surface area contributed by atoms with E-state index in [1.54, 1.807) is 12.2 Å². The molecule has 0 spiro atoms. The first-order chi connectivity index (χ1) is 10.2. The fourth-order valence-corrected chi connectivity index (χ4v) is 2.22. The molecule has 0 atom stereocenters. The zero-order valence-electron chi connectivity index (χ0n) is 11.9. The number of nitrogens with one attached hydrogen (secondary N) is 2. The number of amides is 1. The van der Waals surface area contributed by atoms with Gasteiger partial charge in [-0.3, -0.25) is 4.79 Å². The predicted octanol–water partition coefficient (Wildman–Crippen LogP) is 2.94. The summed E-state index contributed by atoms with van der Waals surface area (Å²) in [6.07, 6.45) is 5.93. The van der Waals surface area contributed by atoms with E-state index < -0.39 is 5.91 Å². The maximum Gasteiger partial charge on any atom is 0.262 e. The highest BCUT2D eigenvalue weighted by molar-refractivity contribution is 6.04. The molecule has 1 aromatic carbocycles. The van der Waals surface area contributed by atoms with Gasteiger partial charge in [0.05, 0.1) is 0 Å². The zero-order chi connectivity index (χ0) is 15.2. The fraction of sp³-hybridized carbons (Fsp3) is 0.176. The summed E-state index contributed by atoms with van der Waals surface area (Å²) in [4.78, 5) is 15.1. The van der Waals surface area contributed by atoms with Crippen molar-refractivity contribution >= 4 is 22.9 Å². The van der Waals surface area contributed by atoms with E-state index in [2.05, 4.69) is 29.9 Å². The summed E-state index contributed by atoms with van der Waals surface area (Å²) in [5, 5.41) is 12.8. The molecule has 21 heavy (non-hydrogen) atoms. The average molecular weight is 279 g/mol. The zero-order valence-corrected chi connectivity index (χ0v) is 11.9. The molecule has 1 amide bonds. The van der Waals surface area contributed by atoms with Gasteiger partial charge in [0.2, 0.25) is 0 Å². The maximum atomic E-state index is 11.9. The summed E-state index contributed by atoms with van der Waals surface area (Å²) < 4.78 is 0. The number of carbonyl (C=O) groups is 1. The first-order valence-corrected chi connectivity index (χ1v) is 6.81. The van der Waals surface area contributed by atoms with Crippen molar-refractivity contribution < 1.29 is 4.79 Å². The third-order valence-electron chi connectivity index (χ3n) is 3.29. The summed E-state index contributed by atoms with van der Waals surface area (Å²) in [7, 11) is 0. The molecule has 0 saturated heterocycles. The molecule has 0 unspecified atom stereocenters. The van der Waals surface area contributed by atoms with Gasteiger partial charge in [0.15, 0.2) is 0 Å². The molecule has 0 saturated carbocycles. The second kappa shape index (κ2) is 6.58. The smallest absolute Gasteiger partial charge is 0.262 e. The average Bonchev–Trinajstić information content (AvgIpc) is 2.93. The summed E-state index contributed by atoms with van der Waals surface area (Å²) in [6, 6.07) is 7.97. The van der Waals surface area contributed by atoms with Crippen LogP contribution in [0.4, 0.5) is 0 Å². The Morgan fingerprint density at radius 3 is 3.00 bits per heavy atom. The van der Waals surface area contributed by atoms with Crippen LogP contribution in [-0.4, -0.2) is 17.4 Å². The summed E-state index contributed by atoms with van der Waals surface area (Å²) in [6.45, 7) is 5.96. The van der Waals surface area contributed by atoms with E-state index in [1.165, 1.54) is 5.56 Å². The van der Waals surface area contributed by atoms with E-state index in [0.717, 1.165) is 22.9 Å². The van der Waals surface area contributed by atoms with Gasteiger partial charge in [-0.1, -0.05) is 31.2 Å². The van der Waals surface area contributed by atoms with Crippen molar-refractivity contribution in [1.82, 2.24) is 10.3 Å². The monoisotopic (exact) mass is 279 g/mol.